The van der Waals surface area contributed by atoms with Crippen molar-refractivity contribution in [1.82, 2.24) is 14.8 Å². The first-order chi connectivity index (χ1) is 14.8. The maximum atomic E-state index is 13.1. The monoisotopic (exact) mass is 435 g/mol. The molecule has 160 valence electrons. The molecule has 0 saturated carbocycles. The Hall–Kier alpha value is -3.19. The Morgan fingerprint density at radius 1 is 1.13 bits per heavy atom. The summed E-state index contributed by atoms with van der Waals surface area (Å²) >= 11 is 1.46. The minimum Gasteiger partial charge on any atom is -0.348 e. The molecule has 7 heteroatoms. The number of rotatable bonds is 7. The van der Waals surface area contributed by atoms with Crippen LogP contribution in [0.4, 0.5) is 4.79 Å². The molecule has 0 bridgehead atoms. The lowest BCUT2D eigenvalue weighted by Gasteiger charge is -2.20. The zero-order valence-corrected chi connectivity index (χ0v) is 18.7. The Morgan fingerprint density at radius 3 is 2.55 bits per heavy atom. The summed E-state index contributed by atoms with van der Waals surface area (Å²) in [6, 6.07) is 13.3. The van der Waals surface area contributed by atoms with Gasteiger partial charge in [-0.1, -0.05) is 30.3 Å². The highest BCUT2D eigenvalue weighted by Gasteiger charge is 2.49. The van der Waals surface area contributed by atoms with E-state index >= 15 is 0 Å². The molecule has 1 unspecified atom stereocenters. The van der Waals surface area contributed by atoms with Gasteiger partial charge in [-0.05, 0) is 61.2 Å². The minimum atomic E-state index is -1.13. The number of imide groups is 1. The highest BCUT2D eigenvalue weighted by molar-refractivity contribution is 7.08. The maximum Gasteiger partial charge on any atom is 0.325 e. The van der Waals surface area contributed by atoms with Gasteiger partial charge in [0.15, 0.2) is 5.78 Å². The first-order valence-electron chi connectivity index (χ1n) is 10.2. The van der Waals surface area contributed by atoms with Crippen LogP contribution in [0.1, 0.15) is 39.8 Å². The molecule has 1 N–H and O–H groups in total. The van der Waals surface area contributed by atoms with E-state index < -0.39 is 17.5 Å². The topological polar surface area (TPSA) is 71.4 Å². The quantitative estimate of drug-likeness (QED) is 0.449. The number of carbonyl (C=O) groups excluding carboxylic acids is 3. The molecule has 2 aromatic heterocycles. The van der Waals surface area contributed by atoms with Gasteiger partial charge >= 0.3 is 6.03 Å². The van der Waals surface area contributed by atoms with Gasteiger partial charge in [0.05, 0.1) is 6.54 Å². The molecular weight excluding hydrogens is 410 g/mol. The Kier molecular flexibility index (Phi) is 5.54. The van der Waals surface area contributed by atoms with E-state index in [-0.39, 0.29) is 12.3 Å². The van der Waals surface area contributed by atoms with Crippen LogP contribution in [0.25, 0.3) is 0 Å². The van der Waals surface area contributed by atoms with Gasteiger partial charge in [-0.15, -0.1) is 0 Å². The molecule has 3 amide bonds. The second-order valence-electron chi connectivity index (χ2n) is 8.05. The van der Waals surface area contributed by atoms with Crippen LogP contribution in [-0.2, 0) is 23.3 Å². The molecule has 0 radical (unpaired) electrons. The number of carbonyl (C=O) groups is 3. The van der Waals surface area contributed by atoms with Crippen LogP contribution in [0.15, 0.2) is 53.2 Å². The van der Waals surface area contributed by atoms with E-state index in [2.05, 4.69) is 22.0 Å². The van der Waals surface area contributed by atoms with Crippen molar-refractivity contribution in [3.05, 3.63) is 81.3 Å². The van der Waals surface area contributed by atoms with E-state index in [0.29, 0.717) is 5.56 Å². The number of hydrogen-bond donors (Lipinski definition) is 1. The van der Waals surface area contributed by atoms with Gasteiger partial charge in [-0.25, -0.2) is 4.79 Å². The lowest BCUT2D eigenvalue weighted by Crippen LogP contribution is -2.41. The number of urea groups is 1. The number of benzene rings is 1. The third-order valence-corrected chi connectivity index (χ3v) is 6.70. The molecule has 4 rings (SSSR count). The molecule has 1 saturated heterocycles. The summed E-state index contributed by atoms with van der Waals surface area (Å²) in [4.78, 5) is 39.6. The number of nitrogens with one attached hydrogen (secondary N) is 1. The van der Waals surface area contributed by atoms with Crippen LogP contribution in [0, 0.1) is 13.8 Å². The molecule has 1 aliphatic heterocycles. The number of thiophene rings is 1. The fourth-order valence-corrected chi connectivity index (χ4v) is 4.89. The molecule has 1 atom stereocenters. The molecule has 1 aliphatic rings. The highest BCUT2D eigenvalue weighted by atomic mass is 32.1. The fraction of sp³-hybridized carbons (Fsp3) is 0.292. The lowest BCUT2D eigenvalue weighted by molar-refractivity contribution is -0.130. The zero-order chi connectivity index (χ0) is 22.2. The van der Waals surface area contributed by atoms with Crippen molar-refractivity contribution in [3.8, 4) is 0 Å². The van der Waals surface area contributed by atoms with Crippen LogP contribution in [0.5, 0.6) is 0 Å². The first-order valence-corrected chi connectivity index (χ1v) is 11.2. The maximum absolute atomic E-state index is 13.1. The van der Waals surface area contributed by atoms with Crippen LogP contribution in [-0.4, -0.2) is 33.7 Å². The minimum absolute atomic E-state index is 0.239. The lowest BCUT2D eigenvalue weighted by atomic mass is 9.95. The average molecular weight is 436 g/mol. The van der Waals surface area contributed by atoms with Gasteiger partial charge in [0.25, 0.3) is 5.91 Å². The Labute approximate surface area is 185 Å². The number of aryl methyl sites for hydroxylation is 2. The smallest absolute Gasteiger partial charge is 0.325 e. The second-order valence-corrected chi connectivity index (χ2v) is 8.83. The zero-order valence-electron chi connectivity index (χ0n) is 17.8. The van der Waals surface area contributed by atoms with E-state index in [0.717, 1.165) is 34.8 Å². The Bertz CT molecular complexity index is 1130. The Balaban J connectivity index is 1.50. The van der Waals surface area contributed by atoms with Crippen molar-refractivity contribution in [2.45, 2.75) is 39.3 Å². The second kappa shape index (κ2) is 8.15. The van der Waals surface area contributed by atoms with Gasteiger partial charge in [-0.2, -0.15) is 11.3 Å². The summed E-state index contributed by atoms with van der Waals surface area (Å²) in [5.41, 5.74) is 3.21. The molecule has 1 fully saturated rings. The normalized spacial score (nSPS) is 18.5. The van der Waals surface area contributed by atoms with E-state index in [1.54, 1.807) is 6.92 Å². The summed E-state index contributed by atoms with van der Waals surface area (Å²) in [5.74, 6) is -0.640. The standard InChI is InChI=1S/C24H25N3O3S/c1-16-13-20(17(2)26(16)11-9-18-7-5-4-6-8-18)21(28)14-27-22(29)24(3,25-23(27)30)19-10-12-31-15-19/h4-8,10,12-13,15H,9,11,14H2,1-3H3,(H,25,30). The van der Waals surface area contributed by atoms with Crippen LogP contribution in [0.2, 0.25) is 0 Å². The van der Waals surface area contributed by atoms with Crippen molar-refractivity contribution in [3.63, 3.8) is 0 Å². The van der Waals surface area contributed by atoms with Crippen molar-refractivity contribution in [1.29, 1.82) is 0 Å². The van der Waals surface area contributed by atoms with Crippen molar-refractivity contribution in [2.24, 2.45) is 0 Å². The van der Waals surface area contributed by atoms with Gasteiger partial charge in [0, 0.05) is 23.5 Å². The first kappa shape index (κ1) is 21.1. The van der Waals surface area contributed by atoms with Gasteiger partial charge in [0.2, 0.25) is 0 Å². The van der Waals surface area contributed by atoms with E-state index in [9.17, 15) is 14.4 Å². The number of Topliss-reactive ketones (excluding diaryl/α,β-unsaturated/α-hetero) is 1. The molecule has 0 spiro atoms. The Morgan fingerprint density at radius 2 is 1.87 bits per heavy atom. The summed E-state index contributed by atoms with van der Waals surface area (Å²) in [6.07, 6.45) is 0.858. The van der Waals surface area contributed by atoms with Gasteiger partial charge in [0.1, 0.15) is 5.54 Å². The van der Waals surface area contributed by atoms with E-state index in [1.165, 1.54) is 16.9 Å². The number of hydrogen-bond acceptors (Lipinski definition) is 4. The van der Waals surface area contributed by atoms with Crippen molar-refractivity contribution < 1.29 is 14.4 Å². The van der Waals surface area contributed by atoms with E-state index in [1.807, 2.05) is 54.9 Å². The largest absolute Gasteiger partial charge is 0.348 e. The number of amides is 3. The number of nitrogens with zero attached hydrogens (tertiary/aromatic N) is 2. The van der Waals surface area contributed by atoms with E-state index in [4.69, 9.17) is 0 Å². The highest BCUT2D eigenvalue weighted by Crippen LogP contribution is 2.30. The fourth-order valence-electron chi connectivity index (χ4n) is 4.13. The molecule has 3 heterocycles. The molecular formula is C24H25N3O3S. The third-order valence-electron chi connectivity index (χ3n) is 6.02. The number of ketones is 1. The molecule has 31 heavy (non-hydrogen) atoms. The molecule has 6 nitrogen and oxygen atoms in total. The summed E-state index contributed by atoms with van der Waals surface area (Å²) in [5, 5.41) is 6.44. The predicted molar refractivity (Wildman–Crippen MR) is 120 cm³/mol. The van der Waals surface area contributed by atoms with Crippen molar-refractivity contribution >= 4 is 29.1 Å². The summed E-state index contributed by atoms with van der Waals surface area (Å²) in [7, 11) is 0. The van der Waals surface area contributed by atoms with Crippen LogP contribution >= 0.6 is 11.3 Å². The summed E-state index contributed by atoms with van der Waals surface area (Å²) in [6.45, 7) is 6.04. The van der Waals surface area contributed by atoms with Gasteiger partial charge in [-0.3, -0.25) is 14.5 Å². The third kappa shape index (κ3) is 3.81. The molecule has 0 aliphatic carbocycles. The average Bonchev–Trinajstić information content (AvgIpc) is 3.44. The molecule has 1 aromatic carbocycles. The van der Waals surface area contributed by atoms with Crippen molar-refractivity contribution in [2.75, 3.05) is 6.54 Å². The summed E-state index contributed by atoms with van der Waals surface area (Å²) < 4.78 is 2.11. The van der Waals surface area contributed by atoms with Crippen LogP contribution in [0.3, 0.4) is 0 Å². The van der Waals surface area contributed by atoms with Gasteiger partial charge < -0.3 is 9.88 Å². The molecule has 3 aromatic rings. The SMILES string of the molecule is Cc1cc(C(=O)CN2C(=O)NC(C)(c3ccsc3)C2=O)c(C)n1CCc1ccccc1. The number of aromatic nitrogens is 1. The predicted octanol–water partition coefficient (Wildman–Crippen LogP) is 4.06. The van der Waals surface area contributed by atoms with Crippen LogP contribution < -0.4 is 5.32 Å².